The molecule has 0 unspecified atom stereocenters. The molecule has 3 rings (SSSR count). The maximum atomic E-state index is 12.0. The Bertz CT molecular complexity index is 977. The molecule has 9 heteroatoms. The molecule has 0 aliphatic rings. The van der Waals surface area contributed by atoms with Gasteiger partial charge in [-0.25, -0.2) is 22.4 Å². The number of nitrogens with zero attached hydrogens (tertiary/aromatic N) is 3. The van der Waals surface area contributed by atoms with Crippen LogP contribution in [0.25, 0.3) is 11.2 Å². The van der Waals surface area contributed by atoms with Crippen molar-refractivity contribution in [3.63, 3.8) is 0 Å². The van der Waals surface area contributed by atoms with Gasteiger partial charge in [-0.1, -0.05) is 42.1 Å². The summed E-state index contributed by atoms with van der Waals surface area (Å²) in [7, 11) is -3.56. The second-order valence-electron chi connectivity index (χ2n) is 4.62. The molecule has 2 aromatic heterocycles. The first-order chi connectivity index (χ1) is 10.4. The van der Waals surface area contributed by atoms with E-state index < -0.39 is 15.6 Å². The van der Waals surface area contributed by atoms with E-state index in [4.69, 9.17) is 0 Å². The van der Waals surface area contributed by atoms with Crippen LogP contribution in [0.2, 0.25) is 0 Å². The van der Waals surface area contributed by atoms with Gasteiger partial charge in [-0.05, 0) is 5.56 Å². The number of hydrogen-bond acceptors (Lipinski definition) is 6. The summed E-state index contributed by atoms with van der Waals surface area (Å²) < 4.78 is 24.3. The molecule has 0 amide bonds. The predicted molar refractivity (Wildman–Crippen MR) is 84.4 cm³/mol. The van der Waals surface area contributed by atoms with Crippen molar-refractivity contribution in [3.05, 3.63) is 52.6 Å². The zero-order chi connectivity index (χ0) is 15.7. The summed E-state index contributed by atoms with van der Waals surface area (Å²) in [5, 5.41) is 0.353. The standard InChI is InChI=1S/C13H12N4O3S2/c1-22(19,20)17-8-14-10-11(17)15-13(16-12(10)18)21-7-9-5-3-2-4-6-9/h2-6,8H,7H2,1H3,(H,15,16,18). The highest BCUT2D eigenvalue weighted by Crippen LogP contribution is 2.19. The molecule has 0 aliphatic carbocycles. The Morgan fingerprint density at radius 2 is 2.00 bits per heavy atom. The van der Waals surface area contributed by atoms with E-state index in [1.54, 1.807) is 0 Å². The Balaban J connectivity index is 1.99. The van der Waals surface area contributed by atoms with Crippen LogP contribution in [-0.2, 0) is 15.8 Å². The highest BCUT2D eigenvalue weighted by molar-refractivity contribution is 7.98. The lowest BCUT2D eigenvalue weighted by Gasteiger charge is -2.03. The Morgan fingerprint density at radius 3 is 2.68 bits per heavy atom. The molecule has 0 saturated carbocycles. The minimum Gasteiger partial charge on any atom is -0.299 e. The average molecular weight is 336 g/mol. The van der Waals surface area contributed by atoms with E-state index in [2.05, 4.69) is 15.0 Å². The van der Waals surface area contributed by atoms with Crippen molar-refractivity contribution in [1.82, 2.24) is 18.9 Å². The van der Waals surface area contributed by atoms with Crippen LogP contribution in [0.5, 0.6) is 0 Å². The Morgan fingerprint density at radius 1 is 1.27 bits per heavy atom. The summed E-state index contributed by atoms with van der Waals surface area (Å²) in [5.41, 5.74) is 0.672. The normalized spacial score (nSPS) is 11.9. The number of benzene rings is 1. The van der Waals surface area contributed by atoms with Crippen LogP contribution >= 0.6 is 11.8 Å². The molecule has 0 fully saturated rings. The maximum absolute atomic E-state index is 12.0. The van der Waals surface area contributed by atoms with E-state index in [0.29, 0.717) is 10.9 Å². The van der Waals surface area contributed by atoms with Gasteiger partial charge in [-0.3, -0.25) is 9.78 Å². The first-order valence-electron chi connectivity index (χ1n) is 6.30. The van der Waals surface area contributed by atoms with Crippen molar-refractivity contribution in [2.24, 2.45) is 0 Å². The van der Waals surface area contributed by atoms with Gasteiger partial charge in [0.2, 0.25) is 10.0 Å². The number of nitrogens with one attached hydrogen (secondary N) is 1. The summed E-state index contributed by atoms with van der Waals surface area (Å²) in [6.07, 6.45) is 2.13. The lowest BCUT2D eigenvalue weighted by atomic mass is 10.2. The molecule has 0 spiro atoms. The number of imidazole rings is 1. The lowest BCUT2D eigenvalue weighted by Crippen LogP contribution is -2.13. The number of fused-ring (bicyclic) bond motifs is 1. The maximum Gasteiger partial charge on any atom is 0.279 e. The minimum absolute atomic E-state index is 0.00878. The second kappa shape index (κ2) is 5.58. The van der Waals surface area contributed by atoms with Crippen LogP contribution in [0.15, 0.2) is 46.6 Å². The third kappa shape index (κ3) is 2.90. The highest BCUT2D eigenvalue weighted by atomic mass is 32.2. The first kappa shape index (κ1) is 14.8. The number of H-pyrrole nitrogens is 1. The molecule has 1 N–H and O–H groups in total. The van der Waals surface area contributed by atoms with E-state index in [-0.39, 0.29) is 11.2 Å². The number of rotatable bonds is 4. The van der Waals surface area contributed by atoms with Crippen molar-refractivity contribution in [1.29, 1.82) is 0 Å². The first-order valence-corrected chi connectivity index (χ1v) is 9.13. The van der Waals surface area contributed by atoms with Crippen LogP contribution in [0.3, 0.4) is 0 Å². The van der Waals surface area contributed by atoms with Gasteiger partial charge < -0.3 is 0 Å². The van der Waals surface area contributed by atoms with Crippen LogP contribution in [0, 0.1) is 0 Å². The summed E-state index contributed by atoms with van der Waals surface area (Å²) >= 11 is 1.32. The number of hydrogen-bond donors (Lipinski definition) is 1. The van der Waals surface area contributed by atoms with Crippen molar-refractivity contribution in [2.45, 2.75) is 10.9 Å². The van der Waals surface area contributed by atoms with Gasteiger partial charge >= 0.3 is 0 Å². The van der Waals surface area contributed by atoms with Gasteiger partial charge in [0.1, 0.15) is 6.33 Å². The van der Waals surface area contributed by atoms with Gasteiger partial charge in [-0.2, -0.15) is 0 Å². The fourth-order valence-electron chi connectivity index (χ4n) is 1.91. The van der Waals surface area contributed by atoms with Crippen LogP contribution in [0.1, 0.15) is 5.56 Å². The van der Waals surface area contributed by atoms with E-state index >= 15 is 0 Å². The third-order valence-electron chi connectivity index (χ3n) is 2.93. The summed E-state index contributed by atoms with van der Waals surface area (Å²) in [6, 6.07) is 9.70. The van der Waals surface area contributed by atoms with E-state index in [1.807, 2.05) is 30.3 Å². The molecule has 0 bridgehead atoms. The van der Waals surface area contributed by atoms with E-state index in [1.165, 1.54) is 11.8 Å². The second-order valence-corrected chi connectivity index (χ2v) is 7.44. The number of aromatic amines is 1. The highest BCUT2D eigenvalue weighted by Gasteiger charge is 2.16. The predicted octanol–water partition coefficient (Wildman–Crippen LogP) is 1.22. The fourth-order valence-corrected chi connectivity index (χ4v) is 3.38. The van der Waals surface area contributed by atoms with Crippen LogP contribution in [-0.4, -0.2) is 33.6 Å². The average Bonchev–Trinajstić information content (AvgIpc) is 2.91. The summed E-state index contributed by atoms with van der Waals surface area (Å²) in [4.78, 5) is 22.6. The van der Waals surface area contributed by atoms with Gasteiger partial charge in [0, 0.05) is 5.75 Å². The SMILES string of the molecule is CS(=O)(=O)n1cnc2c(=O)[nH]c(SCc3ccccc3)nc21. The van der Waals surface area contributed by atoms with Gasteiger partial charge in [0.15, 0.2) is 16.3 Å². The number of thioether (sulfide) groups is 1. The van der Waals surface area contributed by atoms with Gasteiger partial charge in [0.05, 0.1) is 6.26 Å². The molecule has 7 nitrogen and oxygen atoms in total. The summed E-state index contributed by atoms with van der Waals surface area (Å²) in [6.45, 7) is 0. The molecule has 0 atom stereocenters. The van der Waals surface area contributed by atoms with Crippen molar-refractivity contribution < 1.29 is 8.42 Å². The largest absolute Gasteiger partial charge is 0.299 e. The molecule has 0 radical (unpaired) electrons. The number of aromatic nitrogens is 4. The quantitative estimate of drug-likeness (QED) is 0.568. The minimum atomic E-state index is -3.56. The zero-order valence-corrected chi connectivity index (χ0v) is 13.2. The smallest absolute Gasteiger partial charge is 0.279 e. The monoisotopic (exact) mass is 336 g/mol. The van der Waals surface area contributed by atoms with Crippen molar-refractivity contribution >= 4 is 32.9 Å². The Kier molecular flexibility index (Phi) is 3.75. The molecular formula is C13H12N4O3S2. The van der Waals surface area contributed by atoms with E-state index in [0.717, 1.165) is 22.1 Å². The topological polar surface area (TPSA) is 97.7 Å². The van der Waals surface area contributed by atoms with Gasteiger partial charge in [0.25, 0.3) is 5.56 Å². The van der Waals surface area contributed by atoms with E-state index in [9.17, 15) is 13.2 Å². The Hall–Kier alpha value is -2.13. The lowest BCUT2D eigenvalue weighted by molar-refractivity contribution is 0.594. The zero-order valence-electron chi connectivity index (χ0n) is 11.6. The van der Waals surface area contributed by atoms with Crippen molar-refractivity contribution in [2.75, 3.05) is 6.26 Å². The Labute approximate surface area is 130 Å². The molecule has 0 saturated heterocycles. The molecule has 114 valence electrons. The third-order valence-corrected chi connectivity index (χ3v) is 4.86. The van der Waals surface area contributed by atoms with Crippen LogP contribution < -0.4 is 5.56 Å². The molecule has 1 aromatic carbocycles. The molecular weight excluding hydrogens is 324 g/mol. The molecule has 22 heavy (non-hydrogen) atoms. The summed E-state index contributed by atoms with van der Waals surface area (Å²) in [5.74, 6) is 0.613. The van der Waals surface area contributed by atoms with Gasteiger partial charge in [-0.15, -0.1) is 0 Å². The molecule has 2 heterocycles. The van der Waals surface area contributed by atoms with Crippen LogP contribution in [0.4, 0.5) is 0 Å². The van der Waals surface area contributed by atoms with Crippen molar-refractivity contribution in [3.8, 4) is 0 Å². The molecule has 0 aliphatic heterocycles. The molecule has 3 aromatic rings. The fraction of sp³-hybridized carbons (Fsp3) is 0.154.